The average Bonchev–Trinajstić information content (AvgIpc) is 2.74. The molecule has 0 unspecified atom stereocenters. The van der Waals surface area contributed by atoms with Gasteiger partial charge in [-0.3, -0.25) is 15.0 Å². The van der Waals surface area contributed by atoms with Gasteiger partial charge in [0.15, 0.2) is 0 Å². The monoisotopic (exact) mass is 453 g/mol. The molecule has 3 rings (SSSR count). The van der Waals surface area contributed by atoms with Gasteiger partial charge >= 0.3 is 17.9 Å². The van der Waals surface area contributed by atoms with Crippen LogP contribution in [0, 0.1) is 5.41 Å². The zero-order valence-corrected chi connectivity index (χ0v) is 17.6. The van der Waals surface area contributed by atoms with Gasteiger partial charge in [-0.1, -0.05) is 12.1 Å². The lowest BCUT2D eigenvalue weighted by atomic mass is 9.91. The number of carbonyl (C=O) groups excluding carboxylic acids is 2. The number of benzene rings is 2. The molecule has 1 aliphatic rings. The first kappa shape index (κ1) is 23.5. The molecule has 1 amide bonds. The summed E-state index contributed by atoms with van der Waals surface area (Å²) < 4.78 is 5.54. The molecule has 10 nitrogen and oxygen atoms in total. The number of aliphatic carboxylic acids is 2. The van der Waals surface area contributed by atoms with Crippen LogP contribution < -0.4 is 15.8 Å². The zero-order chi connectivity index (χ0) is 24.1. The number of aryl methyl sites for hydroxylation is 2. The minimum Gasteiger partial charge on any atom is -0.481 e. The molecule has 33 heavy (non-hydrogen) atoms. The summed E-state index contributed by atoms with van der Waals surface area (Å²) in [7, 11) is 0. The van der Waals surface area contributed by atoms with E-state index >= 15 is 0 Å². The van der Waals surface area contributed by atoms with Crippen LogP contribution in [0.1, 0.15) is 45.5 Å². The zero-order valence-electron chi connectivity index (χ0n) is 17.6. The molecule has 1 aliphatic heterocycles. The van der Waals surface area contributed by atoms with Gasteiger partial charge < -0.3 is 26.0 Å². The van der Waals surface area contributed by atoms with Crippen LogP contribution in [0.3, 0.4) is 0 Å². The number of amidine groups is 1. The van der Waals surface area contributed by atoms with Gasteiger partial charge in [-0.25, -0.2) is 9.59 Å². The molecule has 0 spiro atoms. The van der Waals surface area contributed by atoms with Crippen molar-refractivity contribution < 1.29 is 34.1 Å². The minimum atomic E-state index is -1.52. The summed E-state index contributed by atoms with van der Waals surface area (Å²) in [6.45, 7) is 0. The Kier molecular flexibility index (Phi) is 7.07. The Hall–Kier alpha value is -4.21. The molecule has 0 aromatic heterocycles. The van der Waals surface area contributed by atoms with Gasteiger partial charge in [-0.2, -0.15) is 0 Å². The van der Waals surface area contributed by atoms with E-state index in [1.807, 2.05) is 0 Å². The lowest BCUT2D eigenvalue weighted by Gasteiger charge is -2.20. The highest BCUT2D eigenvalue weighted by atomic mass is 16.5. The average molecular weight is 453 g/mol. The molecule has 0 aliphatic carbocycles. The third kappa shape index (κ3) is 5.73. The van der Waals surface area contributed by atoms with Gasteiger partial charge in [0, 0.05) is 12.0 Å². The number of ether oxygens (including phenoxy) is 1. The summed E-state index contributed by atoms with van der Waals surface area (Å²) in [6, 6.07) is 8.51. The van der Waals surface area contributed by atoms with Crippen molar-refractivity contribution in [2.24, 2.45) is 5.73 Å². The van der Waals surface area contributed by atoms with Crippen LogP contribution >= 0.6 is 0 Å². The van der Waals surface area contributed by atoms with Crippen LogP contribution in [0.2, 0.25) is 0 Å². The largest absolute Gasteiger partial charge is 0.481 e. The number of nitrogens with one attached hydrogen (secondary N) is 2. The summed E-state index contributed by atoms with van der Waals surface area (Å²) in [6.07, 6.45) is 0.407. The fourth-order valence-electron chi connectivity index (χ4n) is 3.70. The second kappa shape index (κ2) is 9.94. The predicted molar refractivity (Wildman–Crippen MR) is 116 cm³/mol. The van der Waals surface area contributed by atoms with E-state index < -0.39 is 36.3 Å². The van der Waals surface area contributed by atoms with Crippen LogP contribution in [0.25, 0.3) is 0 Å². The maximum Gasteiger partial charge on any atom is 0.343 e. The molecule has 0 saturated heterocycles. The summed E-state index contributed by atoms with van der Waals surface area (Å²) in [4.78, 5) is 47.0. The number of carboxylic acids is 2. The van der Waals surface area contributed by atoms with E-state index in [0.717, 1.165) is 16.7 Å². The highest BCUT2D eigenvalue weighted by Crippen LogP contribution is 2.29. The standard InChI is InChI=1S/C23H23N3O7/c24-21(25)14-5-8-18-13(10-14)4-7-15-12(2-1-3-16(15)23(32)33-18)6-9-19(27)26-17(22(30)31)11-20(28)29/h1-3,5,8,10,17H,4,6-7,9,11H2,(H3,24,25)(H,26,27)(H,28,29)(H,30,31)/t17-/m0/s1. The van der Waals surface area contributed by atoms with Crippen molar-refractivity contribution in [2.75, 3.05) is 0 Å². The molecular weight excluding hydrogens is 430 g/mol. The van der Waals surface area contributed by atoms with Crippen molar-refractivity contribution >= 4 is 29.7 Å². The van der Waals surface area contributed by atoms with Gasteiger partial charge in [0.05, 0.1) is 12.0 Å². The molecule has 10 heteroatoms. The fraction of sp³-hybridized carbons (Fsp3) is 0.261. The summed E-state index contributed by atoms with van der Waals surface area (Å²) >= 11 is 0. The molecular formula is C23H23N3O7. The molecule has 1 heterocycles. The lowest BCUT2D eigenvalue weighted by Crippen LogP contribution is -2.42. The number of carboxylic acid groups (broad SMARTS) is 2. The summed E-state index contributed by atoms with van der Waals surface area (Å²) in [5.74, 6) is -3.61. The Morgan fingerprint density at radius 3 is 2.58 bits per heavy atom. The van der Waals surface area contributed by atoms with Crippen molar-refractivity contribution in [2.45, 2.75) is 38.1 Å². The number of carbonyl (C=O) groups is 4. The summed E-state index contributed by atoms with van der Waals surface area (Å²) in [5, 5.41) is 27.7. The van der Waals surface area contributed by atoms with Crippen LogP contribution in [0.4, 0.5) is 0 Å². The number of hydrogen-bond acceptors (Lipinski definition) is 6. The number of fused-ring (bicyclic) bond motifs is 2. The van der Waals surface area contributed by atoms with Crippen molar-refractivity contribution in [3.8, 4) is 5.75 Å². The van der Waals surface area contributed by atoms with E-state index in [4.69, 9.17) is 26.1 Å². The third-order valence-electron chi connectivity index (χ3n) is 5.34. The molecule has 2 aromatic rings. The normalized spacial score (nSPS) is 13.4. The number of hydrogen-bond donors (Lipinski definition) is 5. The summed E-state index contributed by atoms with van der Waals surface area (Å²) in [5.41, 5.74) is 8.64. The van der Waals surface area contributed by atoms with E-state index in [0.29, 0.717) is 29.7 Å². The number of nitrogens with two attached hydrogens (primary N) is 1. The minimum absolute atomic E-state index is 0.0834. The van der Waals surface area contributed by atoms with E-state index in [1.165, 1.54) is 0 Å². The van der Waals surface area contributed by atoms with Crippen molar-refractivity contribution in [3.63, 3.8) is 0 Å². The highest BCUT2D eigenvalue weighted by Gasteiger charge is 2.24. The van der Waals surface area contributed by atoms with E-state index in [9.17, 15) is 19.2 Å². The van der Waals surface area contributed by atoms with Crippen molar-refractivity contribution in [3.05, 3.63) is 64.2 Å². The van der Waals surface area contributed by atoms with Gasteiger partial charge in [0.25, 0.3) is 0 Å². The molecule has 6 N–H and O–H groups in total. The smallest absolute Gasteiger partial charge is 0.343 e. The second-order valence-electron chi connectivity index (χ2n) is 7.63. The Labute approximate surface area is 188 Å². The van der Waals surface area contributed by atoms with Gasteiger partial charge in [0.1, 0.15) is 17.6 Å². The topological polar surface area (TPSA) is 180 Å². The van der Waals surface area contributed by atoms with Crippen LogP contribution in [-0.4, -0.2) is 45.9 Å². The van der Waals surface area contributed by atoms with Crippen LogP contribution in [0.15, 0.2) is 36.4 Å². The molecule has 0 radical (unpaired) electrons. The van der Waals surface area contributed by atoms with Crippen molar-refractivity contribution in [1.82, 2.24) is 5.32 Å². The molecule has 0 saturated carbocycles. The Balaban J connectivity index is 1.77. The quantitative estimate of drug-likeness (QED) is 0.171. The first-order valence-electron chi connectivity index (χ1n) is 10.2. The fourth-order valence-corrected chi connectivity index (χ4v) is 3.70. The van der Waals surface area contributed by atoms with Crippen LogP contribution in [0.5, 0.6) is 5.75 Å². The van der Waals surface area contributed by atoms with Gasteiger partial charge in [-0.05, 0) is 60.2 Å². The predicted octanol–water partition coefficient (Wildman–Crippen LogP) is 1.27. The van der Waals surface area contributed by atoms with E-state index in [1.54, 1.807) is 36.4 Å². The number of nitrogen functional groups attached to an aromatic ring is 1. The van der Waals surface area contributed by atoms with E-state index in [-0.39, 0.29) is 18.7 Å². The van der Waals surface area contributed by atoms with Gasteiger partial charge in [-0.15, -0.1) is 0 Å². The number of rotatable bonds is 8. The maximum atomic E-state index is 12.8. The first-order chi connectivity index (χ1) is 15.7. The maximum absolute atomic E-state index is 12.8. The Bertz CT molecular complexity index is 1140. The Morgan fingerprint density at radius 1 is 1.15 bits per heavy atom. The Morgan fingerprint density at radius 2 is 1.91 bits per heavy atom. The number of amides is 1. The molecule has 1 atom stereocenters. The van der Waals surface area contributed by atoms with Gasteiger partial charge in [0.2, 0.25) is 5.91 Å². The molecule has 0 fully saturated rings. The third-order valence-corrected chi connectivity index (χ3v) is 5.34. The number of esters is 1. The first-order valence-corrected chi connectivity index (χ1v) is 10.2. The molecule has 0 bridgehead atoms. The highest BCUT2D eigenvalue weighted by molar-refractivity contribution is 5.96. The van der Waals surface area contributed by atoms with E-state index in [2.05, 4.69) is 5.32 Å². The van der Waals surface area contributed by atoms with Crippen molar-refractivity contribution in [1.29, 1.82) is 5.41 Å². The lowest BCUT2D eigenvalue weighted by molar-refractivity contribution is -0.147. The molecule has 172 valence electrons. The SMILES string of the molecule is N=C(N)c1ccc2c(c1)CCc1c(CCC(=O)N[C@@H](CC(=O)O)C(=O)O)cccc1C(=O)O2. The second-order valence-corrected chi connectivity index (χ2v) is 7.63. The van der Waals surface area contributed by atoms with Crippen LogP contribution in [-0.2, 0) is 33.6 Å². The molecule has 2 aromatic carbocycles.